The number of halogens is 1. The van der Waals surface area contributed by atoms with Crippen molar-refractivity contribution in [1.82, 2.24) is 18.8 Å². The average Bonchev–Trinajstić information content (AvgIpc) is 3.15. The minimum absolute atomic E-state index is 0.0289. The number of piperazine rings is 1. The van der Waals surface area contributed by atoms with Gasteiger partial charge in [0.25, 0.3) is 0 Å². The summed E-state index contributed by atoms with van der Waals surface area (Å²) in [6.07, 6.45) is 5.11. The number of hydrogen-bond donors (Lipinski definition) is 1. The Labute approximate surface area is 171 Å². The van der Waals surface area contributed by atoms with Crippen molar-refractivity contribution in [2.45, 2.75) is 26.4 Å². The first-order valence-electron chi connectivity index (χ1n) is 9.17. The maximum Gasteiger partial charge on any atom is 0.248 e. The number of hydrogen-bond acceptors (Lipinski definition) is 5. The molecular weight excluding hydrogens is 399 g/mol. The van der Waals surface area contributed by atoms with Crippen LogP contribution in [0.1, 0.15) is 31.1 Å². The van der Waals surface area contributed by atoms with Gasteiger partial charge in [0.15, 0.2) is 0 Å². The molecular formula is C19H25FN4O2S2. The van der Waals surface area contributed by atoms with Gasteiger partial charge < -0.3 is 4.57 Å². The Morgan fingerprint density at radius 2 is 1.89 bits per heavy atom. The first-order chi connectivity index (χ1) is 13.3. The smallest absolute Gasteiger partial charge is 0.248 e. The molecule has 0 saturated carbocycles. The SMILES string of the molecule is C/C=C(\S)S(=O)(=O)N1CCN(Cc2cncn2[C@H](C)c2ccc(F)cc2)CC1. The molecule has 1 fully saturated rings. The molecule has 0 N–H and O–H groups in total. The third-order valence-corrected chi connectivity index (χ3v) is 7.84. The second kappa shape index (κ2) is 8.77. The van der Waals surface area contributed by atoms with Crippen molar-refractivity contribution in [3.8, 4) is 0 Å². The molecule has 1 aliphatic heterocycles. The highest BCUT2D eigenvalue weighted by Crippen LogP contribution is 2.22. The molecule has 0 radical (unpaired) electrons. The van der Waals surface area contributed by atoms with E-state index in [2.05, 4.69) is 27.1 Å². The van der Waals surface area contributed by atoms with Crippen LogP contribution in [0.4, 0.5) is 4.39 Å². The fraction of sp³-hybridized carbons (Fsp3) is 0.421. The lowest BCUT2D eigenvalue weighted by Gasteiger charge is -2.34. The molecule has 0 amide bonds. The third kappa shape index (κ3) is 4.48. The van der Waals surface area contributed by atoms with Gasteiger partial charge in [0.05, 0.1) is 18.1 Å². The summed E-state index contributed by atoms with van der Waals surface area (Å²) in [6.45, 7) is 6.54. The van der Waals surface area contributed by atoms with Crippen LogP contribution in [-0.4, -0.2) is 53.4 Å². The highest BCUT2D eigenvalue weighted by atomic mass is 32.3. The number of nitrogens with zero attached hydrogens (tertiary/aromatic N) is 4. The lowest BCUT2D eigenvalue weighted by Crippen LogP contribution is -2.48. The van der Waals surface area contributed by atoms with Crippen LogP contribution in [0.25, 0.3) is 0 Å². The lowest BCUT2D eigenvalue weighted by molar-refractivity contribution is 0.178. The third-order valence-electron chi connectivity index (χ3n) is 5.08. The van der Waals surface area contributed by atoms with Gasteiger partial charge in [0.1, 0.15) is 10.1 Å². The van der Waals surface area contributed by atoms with Crippen molar-refractivity contribution >= 4 is 22.7 Å². The highest BCUT2D eigenvalue weighted by molar-refractivity contribution is 8.09. The summed E-state index contributed by atoms with van der Waals surface area (Å²) in [5.41, 5.74) is 2.04. The maximum absolute atomic E-state index is 13.2. The van der Waals surface area contributed by atoms with Crippen molar-refractivity contribution in [3.63, 3.8) is 0 Å². The van der Waals surface area contributed by atoms with E-state index in [0.29, 0.717) is 32.7 Å². The van der Waals surface area contributed by atoms with Gasteiger partial charge in [-0.25, -0.2) is 17.8 Å². The van der Waals surface area contributed by atoms with Gasteiger partial charge in [0, 0.05) is 38.9 Å². The summed E-state index contributed by atoms with van der Waals surface area (Å²) in [7, 11) is -3.47. The maximum atomic E-state index is 13.2. The molecule has 2 heterocycles. The molecule has 0 bridgehead atoms. The van der Waals surface area contributed by atoms with E-state index in [1.165, 1.54) is 22.5 Å². The summed E-state index contributed by atoms with van der Waals surface area (Å²) in [4.78, 5) is 6.49. The number of benzene rings is 1. The quantitative estimate of drug-likeness (QED) is 0.725. The van der Waals surface area contributed by atoms with E-state index in [1.807, 2.05) is 13.1 Å². The van der Waals surface area contributed by atoms with E-state index < -0.39 is 10.0 Å². The lowest BCUT2D eigenvalue weighted by atomic mass is 10.1. The van der Waals surface area contributed by atoms with Crippen LogP contribution >= 0.6 is 12.6 Å². The second-order valence-electron chi connectivity index (χ2n) is 6.83. The molecule has 0 unspecified atom stereocenters. The van der Waals surface area contributed by atoms with Gasteiger partial charge in [-0.2, -0.15) is 4.31 Å². The van der Waals surface area contributed by atoms with Crippen molar-refractivity contribution in [3.05, 3.63) is 64.2 Å². The van der Waals surface area contributed by atoms with E-state index in [9.17, 15) is 12.8 Å². The number of sulfonamides is 1. The number of thiol groups is 1. The fourth-order valence-electron chi connectivity index (χ4n) is 3.34. The van der Waals surface area contributed by atoms with Gasteiger partial charge in [-0.15, -0.1) is 12.6 Å². The number of imidazole rings is 1. The van der Waals surface area contributed by atoms with Crippen LogP contribution in [0.3, 0.4) is 0 Å². The van der Waals surface area contributed by atoms with Crippen molar-refractivity contribution in [1.29, 1.82) is 0 Å². The van der Waals surface area contributed by atoms with Gasteiger partial charge >= 0.3 is 0 Å². The monoisotopic (exact) mass is 424 g/mol. The Morgan fingerprint density at radius 3 is 2.50 bits per heavy atom. The molecule has 1 atom stereocenters. The summed E-state index contributed by atoms with van der Waals surface area (Å²) >= 11 is 4.07. The van der Waals surface area contributed by atoms with E-state index in [4.69, 9.17) is 0 Å². The fourth-order valence-corrected chi connectivity index (χ4v) is 4.90. The first kappa shape index (κ1) is 21.0. The molecule has 0 aliphatic carbocycles. The van der Waals surface area contributed by atoms with Crippen molar-refractivity contribution < 1.29 is 12.8 Å². The molecule has 3 rings (SSSR count). The van der Waals surface area contributed by atoms with Gasteiger partial charge in [-0.1, -0.05) is 18.2 Å². The molecule has 6 nitrogen and oxygen atoms in total. The van der Waals surface area contributed by atoms with E-state index in [1.54, 1.807) is 25.4 Å². The van der Waals surface area contributed by atoms with Gasteiger partial charge in [-0.3, -0.25) is 4.90 Å². The van der Waals surface area contributed by atoms with Crippen molar-refractivity contribution in [2.75, 3.05) is 26.2 Å². The van der Waals surface area contributed by atoms with Crippen LogP contribution in [0.5, 0.6) is 0 Å². The van der Waals surface area contributed by atoms with Crippen LogP contribution in [0.2, 0.25) is 0 Å². The topological polar surface area (TPSA) is 58.4 Å². The Morgan fingerprint density at radius 1 is 1.25 bits per heavy atom. The minimum atomic E-state index is -3.47. The predicted octanol–water partition coefficient (Wildman–Crippen LogP) is 2.87. The van der Waals surface area contributed by atoms with Gasteiger partial charge in [0.2, 0.25) is 10.0 Å². The van der Waals surface area contributed by atoms with Crippen molar-refractivity contribution in [2.24, 2.45) is 0 Å². The Hall–Kier alpha value is -1.68. The molecule has 1 aromatic heterocycles. The Bertz CT molecular complexity index is 933. The highest BCUT2D eigenvalue weighted by Gasteiger charge is 2.29. The average molecular weight is 425 g/mol. The minimum Gasteiger partial charge on any atom is -0.326 e. The molecule has 28 heavy (non-hydrogen) atoms. The Kier molecular flexibility index (Phi) is 6.59. The Balaban J connectivity index is 1.65. The zero-order chi connectivity index (χ0) is 20.3. The second-order valence-corrected chi connectivity index (χ2v) is 9.52. The normalized spacial score (nSPS) is 18.4. The van der Waals surface area contributed by atoms with Crippen LogP contribution < -0.4 is 0 Å². The van der Waals surface area contributed by atoms with Crippen LogP contribution in [0, 0.1) is 5.82 Å². The van der Waals surface area contributed by atoms with E-state index >= 15 is 0 Å². The van der Waals surface area contributed by atoms with Gasteiger partial charge in [-0.05, 0) is 31.5 Å². The molecule has 1 aromatic carbocycles. The summed E-state index contributed by atoms with van der Waals surface area (Å²) in [5, 5.41) is 0. The van der Waals surface area contributed by atoms with Crippen LogP contribution in [0.15, 0.2) is 47.1 Å². The molecule has 1 saturated heterocycles. The van der Waals surface area contributed by atoms with Crippen LogP contribution in [-0.2, 0) is 16.6 Å². The molecule has 1 aliphatic rings. The zero-order valence-corrected chi connectivity index (χ0v) is 17.7. The number of rotatable bonds is 6. The number of aromatic nitrogens is 2. The summed E-state index contributed by atoms with van der Waals surface area (Å²) in [6, 6.07) is 6.51. The standard InChI is InChI=1S/C19H25FN4O2S2/c1-3-19(27)28(25,26)23-10-8-22(9-11-23)13-18-12-21-14-24(18)15(2)16-4-6-17(20)7-5-16/h3-7,12,14-15,27H,8-11,13H2,1-2H3/b19-3+/t15-/m1/s1. The predicted molar refractivity (Wildman–Crippen MR) is 111 cm³/mol. The van der Waals surface area contributed by atoms with E-state index in [-0.39, 0.29) is 16.1 Å². The number of allylic oxidation sites excluding steroid dienone is 1. The summed E-state index contributed by atoms with van der Waals surface area (Å²) in [5.74, 6) is -0.253. The van der Waals surface area contributed by atoms with E-state index in [0.717, 1.165) is 11.3 Å². The zero-order valence-electron chi connectivity index (χ0n) is 16.0. The molecule has 9 heteroatoms. The largest absolute Gasteiger partial charge is 0.326 e. The molecule has 152 valence electrons. The first-order valence-corrected chi connectivity index (χ1v) is 11.1. The molecule has 0 spiro atoms. The molecule has 2 aromatic rings. The summed E-state index contributed by atoms with van der Waals surface area (Å²) < 4.78 is 41.6.